The van der Waals surface area contributed by atoms with Gasteiger partial charge >= 0.3 is 0 Å². The fraction of sp³-hybridized carbons (Fsp3) is 0.217. The Kier molecular flexibility index (Phi) is 6.08. The van der Waals surface area contributed by atoms with Crippen molar-refractivity contribution in [2.45, 2.75) is 26.8 Å². The molecule has 0 saturated heterocycles. The van der Waals surface area contributed by atoms with E-state index in [1.807, 2.05) is 44.2 Å². The number of aromatic nitrogens is 3. The normalized spacial score (nSPS) is 10.9. The molecule has 4 aromatic rings. The summed E-state index contributed by atoms with van der Waals surface area (Å²) in [6.45, 7) is 4.78. The number of carbonyl (C=O) groups excluding carboxylic acids is 1. The number of anilines is 1. The van der Waals surface area contributed by atoms with Crippen LogP contribution in [0.25, 0.3) is 22.2 Å². The van der Waals surface area contributed by atoms with Crippen LogP contribution in [0.2, 0.25) is 0 Å². The van der Waals surface area contributed by atoms with Crippen LogP contribution in [0.3, 0.4) is 0 Å². The largest absolute Gasteiger partial charge is 0.494 e. The van der Waals surface area contributed by atoms with E-state index in [0.29, 0.717) is 22.6 Å². The highest BCUT2D eigenvalue weighted by molar-refractivity contribution is 7.16. The monoisotopic (exact) mass is 434 g/mol. The molecule has 0 saturated carbocycles. The second-order valence-corrected chi connectivity index (χ2v) is 8.14. The molecule has 8 heteroatoms. The van der Waals surface area contributed by atoms with Crippen molar-refractivity contribution in [2.75, 3.05) is 11.9 Å². The molecule has 0 bridgehead atoms. The minimum atomic E-state index is -0.202. The summed E-state index contributed by atoms with van der Waals surface area (Å²) in [6.07, 6.45) is 1.63. The molecule has 2 heterocycles. The van der Waals surface area contributed by atoms with Crippen LogP contribution in [0.15, 0.2) is 59.7 Å². The number of rotatable bonds is 7. The molecule has 0 radical (unpaired) electrons. The van der Waals surface area contributed by atoms with E-state index >= 15 is 0 Å². The van der Waals surface area contributed by atoms with Crippen LogP contribution < -0.4 is 15.6 Å². The van der Waals surface area contributed by atoms with E-state index in [9.17, 15) is 9.59 Å². The van der Waals surface area contributed by atoms with Gasteiger partial charge in [0.15, 0.2) is 5.13 Å². The number of ether oxygens (including phenoxy) is 1. The van der Waals surface area contributed by atoms with Crippen molar-refractivity contribution < 1.29 is 9.53 Å². The Morgan fingerprint density at radius 2 is 1.94 bits per heavy atom. The number of amides is 1. The topological polar surface area (TPSA) is 86.1 Å². The van der Waals surface area contributed by atoms with Crippen molar-refractivity contribution in [1.82, 2.24) is 14.5 Å². The lowest BCUT2D eigenvalue weighted by atomic mass is 10.1. The number of hydrogen-bond donors (Lipinski definition) is 1. The van der Waals surface area contributed by atoms with Crippen LogP contribution in [-0.2, 0) is 11.3 Å². The third kappa shape index (κ3) is 4.64. The maximum atomic E-state index is 12.5. The van der Waals surface area contributed by atoms with Gasteiger partial charge in [-0.3, -0.25) is 14.2 Å². The minimum absolute atomic E-state index is 0.150. The van der Waals surface area contributed by atoms with Crippen LogP contribution >= 0.6 is 11.3 Å². The zero-order valence-corrected chi connectivity index (χ0v) is 18.1. The smallest absolute Gasteiger partial charge is 0.261 e. The molecule has 158 valence electrons. The first-order chi connectivity index (χ1) is 15.0. The number of aryl methyl sites for hydroxylation is 2. The Hall–Kier alpha value is -3.52. The number of fused-ring (bicyclic) bond motifs is 1. The Morgan fingerprint density at radius 3 is 2.71 bits per heavy atom. The maximum Gasteiger partial charge on any atom is 0.261 e. The number of hydrogen-bond acceptors (Lipinski definition) is 6. The molecule has 2 aromatic carbocycles. The van der Waals surface area contributed by atoms with E-state index in [4.69, 9.17) is 4.74 Å². The van der Waals surface area contributed by atoms with Gasteiger partial charge in [0.25, 0.3) is 5.56 Å². The Bertz CT molecular complexity index is 1280. The first-order valence-corrected chi connectivity index (χ1v) is 10.8. The molecule has 0 spiro atoms. The summed E-state index contributed by atoms with van der Waals surface area (Å²) in [4.78, 5) is 34.8. The van der Waals surface area contributed by atoms with Crippen molar-refractivity contribution in [3.05, 3.63) is 70.1 Å². The molecule has 0 atom stereocenters. The van der Waals surface area contributed by atoms with Crippen molar-refractivity contribution in [1.29, 1.82) is 0 Å². The molecule has 2 aromatic heterocycles. The molecule has 4 rings (SSSR count). The highest BCUT2D eigenvalue weighted by Gasteiger charge is 2.13. The number of nitrogens with one attached hydrogen (secondary N) is 1. The van der Waals surface area contributed by atoms with Gasteiger partial charge in [-0.05, 0) is 50.2 Å². The van der Waals surface area contributed by atoms with Gasteiger partial charge in [-0.2, -0.15) is 0 Å². The van der Waals surface area contributed by atoms with Gasteiger partial charge in [0, 0.05) is 23.4 Å². The number of benzene rings is 2. The van der Waals surface area contributed by atoms with Gasteiger partial charge in [0.1, 0.15) is 5.75 Å². The lowest BCUT2D eigenvalue weighted by Crippen LogP contribution is -2.23. The molecule has 0 aliphatic heterocycles. The molecule has 1 N–H and O–H groups in total. The zero-order valence-electron chi connectivity index (χ0n) is 17.3. The van der Waals surface area contributed by atoms with E-state index in [1.54, 1.807) is 18.2 Å². The second-order valence-electron chi connectivity index (χ2n) is 6.94. The van der Waals surface area contributed by atoms with Crippen LogP contribution in [0.5, 0.6) is 5.75 Å². The second kappa shape index (κ2) is 9.09. The first-order valence-electron chi connectivity index (χ1n) is 10.00. The van der Waals surface area contributed by atoms with Gasteiger partial charge in [-0.15, -0.1) is 11.3 Å². The van der Waals surface area contributed by atoms with E-state index < -0.39 is 0 Å². The lowest BCUT2D eigenvalue weighted by molar-refractivity contribution is -0.116. The average Bonchev–Trinajstić information content (AvgIpc) is 3.14. The highest BCUT2D eigenvalue weighted by atomic mass is 32.1. The van der Waals surface area contributed by atoms with Crippen LogP contribution in [0, 0.1) is 6.92 Å². The molecule has 7 nitrogen and oxygen atoms in total. The summed E-state index contributed by atoms with van der Waals surface area (Å²) >= 11 is 1.42. The summed E-state index contributed by atoms with van der Waals surface area (Å²) in [7, 11) is 0. The van der Waals surface area contributed by atoms with E-state index in [1.165, 1.54) is 22.2 Å². The van der Waals surface area contributed by atoms with Crippen molar-refractivity contribution in [3.63, 3.8) is 0 Å². The van der Waals surface area contributed by atoms with E-state index in [0.717, 1.165) is 21.9 Å². The third-order valence-electron chi connectivity index (χ3n) is 4.79. The highest BCUT2D eigenvalue weighted by Crippen LogP contribution is 2.31. The Morgan fingerprint density at radius 1 is 1.16 bits per heavy atom. The number of carbonyl (C=O) groups is 1. The predicted octanol–water partition coefficient (Wildman–Crippen LogP) is 4.26. The Labute approximate surface area is 183 Å². The van der Waals surface area contributed by atoms with Crippen molar-refractivity contribution in [2.24, 2.45) is 0 Å². The van der Waals surface area contributed by atoms with E-state index in [-0.39, 0.29) is 24.4 Å². The van der Waals surface area contributed by atoms with Crippen molar-refractivity contribution >= 4 is 33.3 Å². The number of nitrogens with zero attached hydrogens (tertiary/aromatic N) is 3. The summed E-state index contributed by atoms with van der Waals surface area (Å²) in [5, 5.41) is 3.92. The molecule has 0 aliphatic carbocycles. The van der Waals surface area contributed by atoms with Crippen LogP contribution in [-0.4, -0.2) is 27.0 Å². The maximum absolute atomic E-state index is 12.5. The molecule has 0 fully saturated rings. The average molecular weight is 435 g/mol. The summed E-state index contributed by atoms with van der Waals surface area (Å²) in [5.74, 6) is 0.609. The standard InChI is InChI=1S/C23H22N4O3S/c1-3-30-17-10-8-16(9-11-17)21-15(2)31-23(26-21)25-20(28)12-13-27-14-24-19-7-5-4-6-18(19)22(27)29/h4-11,14H,3,12-13H2,1-2H3,(H,25,26,28). The fourth-order valence-electron chi connectivity index (χ4n) is 3.26. The SMILES string of the molecule is CCOc1ccc(-c2nc(NC(=O)CCn3cnc4ccccc4c3=O)sc2C)cc1. The summed E-state index contributed by atoms with van der Waals surface area (Å²) < 4.78 is 6.94. The number of para-hydroxylation sites is 1. The molecular formula is C23H22N4O3S. The molecule has 31 heavy (non-hydrogen) atoms. The van der Waals surface area contributed by atoms with Gasteiger partial charge in [-0.1, -0.05) is 12.1 Å². The fourth-order valence-corrected chi connectivity index (χ4v) is 4.11. The molecular weight excluding hydrogens is 412 g/mol. The van der Waals surface area contributed by atoms with Crippen LogP contribution in [0.4, 0.5) is 5.13 Å². The van der Waals surface area contributed by atoms with Crippen LogP contribution in [0.1, 0.15) is 18.2 Å². The number of thiazole rings is 1. The zero-order chi connectivity index (χ0) is 21.8. The molecule has 0 unspecified atom stereocenters. The predicted molar refractivity (Wildman–Crippen MR) is 123 cm³/mol. The molecule has 0 aliphatic rings. The minimum Gasteiger partial charge on any atom is -0.494 e. The molecule has 1 amide bonds. The van der Waals surface area contributed by atoms with Gasteiger partial charge in [0.2, 0.25) is 5.91 Å². The summed E-state index contributed by atoms with van der Waals surface area (Å²) in [5.41, 5.74) is 2.29. The van der Waals surface area contributed by atoms with Gasteiger partial charge in [-0.25, -0.2) is 9.97 Å². The quantitative estimate of drug-likeness (QED) is 0.470. The first kappa shape index (κ1) is 20.7. The van der Waals surface area contributed by atoms with Crippen molar-refractivity contribution in [3.8, 4) is 17.0 Å². The Balaban J connectivity index is 1.42. The van der Waals surface area contributed by atoms with E-state index in [2.05, 4.69) is 15.3 Å². The third-order valence-corrected chi connectivity index (χ3v) is 5.68. The summed E-state index contributed by atoms with van der Waals surface area (Å²) in [6, 6.07) is 14.9. The van der Waals surface area contributed by atoms with Gasteiger partial charge < -0.3 is 10.1 Å². The lowest BCUT2D eigenvalue weighted by Gasteiger charge is -2.06. The van der Waals surface area contributed by atoms with Gasteiger partial charge in [0.05, 0.1) is 29.5 Å².